The summed E-state index contributed by atoms with van der Waals surface area (Å²) in [7, 11) is -5.57. The summed E-state index contributed by atoms with van der Waals surface area (Å²) in [6, 6.07) is 7.31. The van der Waals surface area contributed by atoms with Gasteiger partial charge in [-0.25, -0.2) is 0 Å². The van der Waals surface area contributed by atoms with Crippen LogP contribution >= 0.6 is 0 Å². The zero-order chi connectivity index (χ0) is 21.3. The quantitative estimate of drug-likeness (QED) is 0.686. The Balaban J connectivity index is 0.00000158. The molecule has 0 radical (unpaired) electrons. The average Bonchev–Trinajstić information content (AvgIpc) is 2.64. The van der Waals surface area contributed by atoms with Crippen LogP contribution in [0.25, 0.3) is 10.8 Å². The molecule has 0 atom stereocenters. The minimum absolute atomic E-state index is 0.106. The van der Waals surface area contributed by atoms with Gasteiger partial charge in [0.1, 0.15) is 9.79 Å². The zero-order valence-corrected chi connectivity index (χ0v) is 18.3. The van der Waals surface area contributed by atoms with Gasteiger partial charge in [-0.2, -0.15) is 36.4 Å². The van der Waals surface area contributed by atoms with Crippen molar-refractivity contribution in [3.05, 3.63) is 35.9 Å². The highest BCUT2D eigenvalue weighted by Gasteiger charge is 2.25. The summed E-state index contributed by atoms with van der Waals surface area (Å²) in [5, 5.41) is 0.438. The van der Waals surface area contributed by atoms with E-state index in [1.807, 2.05) is 27.7 Å². The molecular formula is C17H28N2O6S2. The van der Waals surface area contributed by atoms with Crippen molar-refractivity contribution in [2.75, 3.05) is 14.1 Å². The second kappa shape index (κ2) is 11.3. The van der Waals surface area contributed by atoms with Crippen LogP contribution in [-0.4, -0.2) is 30.9 Å². The fourth-order valence-corrected chi connectivity index (χ4v) is 4.48. The van der Waals surface area contributed by atoms with Crippen molar-refractivity contribution < 1.29 is 25.4 Å². The van der Waals surface area contributed by atoms with Gasteiger partial charge in [0.2, 0.25) is 0 Å². The highest BCUT2D eigenvalue weighted by Crippen LogP contribution is 2.32. The first-order valence-electron chi connectivity index (χ1n) is 8.47. The first kappa shape index (κ1) is 25.4. The smallest absolute Gasteiger partial charge is 0.192 e. The largest absolute Gasteiger partial charge is 0.313 e. The molecule has 0 amide bonds. The molecule has 0 saturated heterocycles. The van der Waals surface area contributed by atoms with E-state index in [9.17, 15) is 16.8 Å². The maximum absolute atomic E-state index is 12.3. The van der Waals surface area contributed by atoms with Crippen molar-refractivity contribution >= 4 is 31.0 Å². The highest BCUT2D eigenvalue weighted by molar-refractivity contribution is 7.87. The van der Waals surface area contributed by atoms with E-state index >= 15 is 0 Å². The third kappa shape index (κ3) is 5.96. The standard InChI is InChI=1S/C13H16N2O6S2.2C2H6/c1-9-7-8-10-11(13(9)23(18,19)21-15-3)5-4-6-12(10)22(16,17)20-14-2;2*1-2/h4-8,14-15H,1-3H3;2*1-2H3. The van der Waals surface area contributed by atoms with Crippen LogP contribution < -0.4 is 11.0 Å². The van der Waals surface area contributed by atoms with Crippen LogP contribution in [0.1, 0.15) is 33.3 Å². The maximum Gasteiger partial charge on any atom is 0.313 e. The highest BCUT2D eigenvalue weighted by atomic mass is 32.2. The number of fused-ring (bicyclic) bond motifs is 1. The van der Waals surface area contributed by atoms with E-state index in [1.54, 1.807) is 6.92 Å². The molecule has 0 saturated carbocycles. The van der Waals surface area contributed by atoms with E-state index in [0.717, 1.165) is 0 Å². The van der Waals surface area contributed by atoms with Crippen molar-refractivity contribution in [2.24, 2.45) is 0 Å². The molecule has 0 unspecified atom stereocenters. The van der Waals surface area contributed by atoms with Gasteiger partial charge in [-0.05, 0) is 18.6 Å². The second-order valence-electron chi connectivity index (χ2n) is 4.55. The van der Waals surface area contributed by atoms with E-state index < -0.39 is 20.2 Å². The molecule has 0 aliphatic rings. The summed E-state index contributed by atoms with van der Waals surface area (Å²) < 4.78 is 58.0. The molecule has 2 N–H and O–H groups in total. The molecule has 0 fully saturated rings. The predicted molar refractivity (Wildman–Crippen MR) is 106 cm³/mol. The van der Waals surface area contributed by atoms with Crippen molar-refractivity contribution in [1.29, 1.82) is 0 Å². The van der Waals surface area contributed by atoms with Gasteiger partial charge in [-0.1, -0.05) is 52.0 Å². The minimum Gasteiger partial charge on any atom is -0.192 e. The Morgan fingerprint density at radius 3 is 1.78 bits per heavy atom. The third-order valence-electron chi connectivity index (χ3n) is 3.07. The number of rotatable bonds is 6. The van der Waals surface area contributed by atoms with Gasteiger partial charge >= 0.3 is 20.2 Å². The number of benzene rings is 2. The Hall–Kier alpha value is -1.56. The molecule has 8 nitrogen and oxygen atoms in total. The van der Waals surface area contributed by atoms with E-state index in [-0.39, 0.29) is 20.6 Å². The van der Waals surface area contributed by atoms with Gasteiger partial charge in [-0.15, -0.1) is 0 Å². The predicted octanol–water partition coefficient (Wildman–Crippen LogP) is 2.88. The maximum atomic E-state index is 12.3. The molecule has 0 aromatic heterocycles. The van der Waals surface area contributed by atoms with Gasteiger partial charge in [0.15, 0.2) is 0 Å². The minimum atomic E-state index is -4.10. The summed E-state index contributed by atoms with van der Waals surface area (Å²) >= 11 is 0. The molecule has 0 heterocycles. The molecule has 27 heavy (non-hydrogen) atoms. The third-order valence-corrected chi connectivity index (χ3v) is 5.78. The number of nitrogens with one attached hydrogen (secondary N) is 2. The van der Waals surface area contributed by atoms with Crippen LogP contribution in [0.2, 0.25) is 0 Å². The van der Waals surface area contributed by atoms with E-state index in [1.165, 1.54) is 44.4 Å². The topological polar surface area (TPSA) is 111 Å². The van der Waals surface area contributed by atoms with Crippen LogP contribution in [-0.2, 0) is 28.8 Å². The first-order valence-corrected chi connectivity index (χ1v) is 11.3. The monoisotopic (exact) mass is 420 g/mol. The SMILES string of the molecule is CC.CC.CNOS(=O)(=O)c1cccc2c(S(=O)(=O)ONC)c(C)ccc12. The molecule has 0 bridgehead atoms. The Kier molecular flexibility index (Phi) is 10.7. The van der Waals surface area contributed by atoms with Gasteiger partial charge in [-0.3, -0.25) is 0 Å². The fraction of sp³-hybridized carbons (Fsp3) is 0.412. The summed E-state index contributed by atoms with van der Waals surface area (Å²) in [5.74, 6) is 0. The van der Waals surface area contributed by atoms with Crippen molar-refractivity contribution in [2.45, 2.75) is 44.4 Å². The summed E-state index contributed by atoms with van der Waals surface area (Å²) in [5.41, 5.74) is 4.66. The Labute approximate surface area is 162 Å². The van der Waals surface area contributed by atoms with Gasteiger partial charge < -0.3 is 0 Å². The molecule has 2 aromatic carbocycles. The second-order valence-corrected chi connectivity index (χ2v) is 7.54. The summed E-state index contributed by atoms with van der Waals surface area (Å²) in [4.78, 5) is -0.254. The molecule has 154 valence electrons. The van der Waals surface area contributed by atoms with Crippen LogP contribution in [0.3, 0.4) is 0 Å². The van der Waals surface area contributed by atoms with Crippen molar-refractivity contribution in [3.8, 4) is 0 Å². The number of aryl methyl sites for hydroxylation is 1. The van der Waals surface area contributed by atoms with Gasteiger partial charge in [0, 0.05) is 24.9 Å². The molecular weight excluding hydrogens is 392 g/mol. The average molecular weight is 421 g/mol. The zero-order valence-electron chi connectivity index (χ0n) is 16.7. The Morgan fingerprint density at radius 1 is 0.741 bits per heavy atom. The number of hydroxylamine groups is 2. The number of hydrogen-bond acceptors (Lipinski definition) is 8. The van der Waals surface area contributed by atoms with Crippen LogP contribution in [0, 0.1) is 6.92 Å². The summed E-state index contributed by atoms with van der Waals surface area (Å²) in [6.45, 7) is 9.59. The normalized spacial score (nSPS) is 11.2. The van der Waals surface area contributed by atoms with E-state index in [2.05, 4.69) is 19.5 Å². The molecule has 0 aliphatic carbocycles. The van der Waals surface area contributed by atoms with Crippen molar-refractivity contribution in [1.82, 2.24) is 11.0 Å². The van der Waals surface area contributed by atoms with E-state index in [0.29, 0.717) is 5.56 Å². The lowest BCUT2D eigenvalue weighted by atomic mass is 10.1. The van der Waals surface area contributed by atoms with Crippen LogP contribution in [0.15, 0.2) is 40.1 Å². The summed E-state index contributed by atoms with van der Waals surface area (Å²) in [6.07, 6.45) is 0. The van der Waals surface area contributed by atoms with Gasteiger partial charge in [0.25, 0.3) is 0 Å². The fourth-order valence-electron chi connectivity index (χ4n) is 2.27. The van der Waals surface area contributed by atoms with Gasteiger partial charge in [0.05, 0.1) is 0 Å². The lowest BCUT2D eigenvalue weighted by Gasteiger charge is -2.13. The van der Waals surface area contributed by atoms with Crippen LogP contribution in [0.5, 0.6) is 0 Å². The molecule has 2 aromatic rings. The van der Waals surface area contributed by atoms with E-state index in [4.69, 9.17) is 0 Å². The Morgan fingerprint density at radius 2 is 1.26 bits per heavy atom. The lowest BCUT2D eigenvalue weighted by Crippen LogP contribution is -2.18. The Bertz CT molecular complexity index is 941. The number of hydrogen-bond donors (Lipinski definition) is 2. The first-order chi connectivity index (χ1) is 12.7. The molecule has 2 rings (SSSR count). The molecule has 0 aliphatic heterocycles. The lowest BCUT2D eigenvalue weighted by molar-refractivity contribution is 0.230. The molecule has 10 heteroatoms. The van der Waals surface area contributed by atoms with Crippen molar-refractivity contribution in [3.63, 3.8) is 0 Å². The molecule has 0 spiro atoms. The van der Waals surface area contributed by atoms with Crippen LogP contribution in [0.4, 0.5) is 0 Å².